The van der Waals surface area contributed by atoms with Gasteiger partial charge in [-0.3, -0.25) is 0 Å². The number of hydrogen-bond donors (Lipinski definition) is 0. The molecular weight excluding hydrogens is 315 g/mol. The van der Waals surface area contributed by atoms with Gasteiger partial charge in [0.2, 0.25) is 0 Å². The smallest absolute Gasteiger partial charge is 1.00 e. The Balaban J connectivity index is 0. The van der Waals surface area contributed by atoms with Gasteiger partial charge in [0.15, 0.2) is 17.4 Å². The van der Waals surface area contributed by atoms with Crippen molar-refractivity contribution in [2.75, 3.05) is 0 Å². The maximum Gasteiger partial charge on any atom is 2.00 e. The summed E-state index contributed by atoms with van der Waals surface area (Å²) >= 11 is 0. The molecule has 37 valence electrons. The fourth-order valence-electron chi connectivity index (χ4n) is 0. The van der Waals surface area contributed by atoms with E-state index in [1.807, 2.05) is 0 Å². The van der Waals surface area contributed by atoms with Crippen LogP contribution in [-0.2, 0) is 75.6 Å². The SMILES string of the molecule is [AlH3].[Ca+2].[Cr].[H-].[H-].[Mn].[SiH4].[Ti].[Zn]. The van der Waals surface area contributed by atoms with E-state index in [0.29, 0.717) is 0 Å². The first-order valence-electron chi connectivity index (χ1n) is 0. The average Bonchev–Trinajstić information content (AvgIpc) is 0. The second kappa shape index (κ2) is 47.5. The molecule has 0 spiro atoms. The van der Waals surface area contributed by atoms with Crippen molar-refractivity contribution in [1.82, 2.24) is 0 Å². The van der Waals surface area contributed by atoms with Crippen molar-refractivity contribution >= 4 is 66.1 Å². The van der Waals surface area contributed by atoms with Crippen molar-refractivity contribution in [3.05, 3.63) is 0 Å². The van der Waals surface area contributed by atoms with Crippen LogP contribution in [0.25, 0.3) is 0 Å². The average molecular weight is 324 g/mol. The molecule has 0 nitrogen and oxygen atoms in total. The van der Waals surface area contributed by atoms with E-state index in [1.54, 1.807) is 0 Å². The van der Waals surface area contributed by atoms with Crippen molar-refractivity contribution in [1.29, 1.82) is 0 Å². The zero-order valence-electron chi connectivity index (χ0n) is 4.70. The van der Waals surface area contributed by atoms with Crippen molar-refractivity contribution in [3.8, 4) is 0 Å². The van der Waals surface area contributed by atoms with E-state index in [0.717, 1.165) is 0 Å². The predicted octanol–water partition coefficient (Wildman–Crippen LogP) is -2.80. The molecule has 0 aliphatic heterocycles. The monoisotopic (exact) mass is 323 g/mol. The standard InChI is InChI=1S/Al.Ca.Cr.Mn.H4Si.Ti.Zn.5H/h;;;;1H4;;;;;;;/q;+2;;;;;;;;;2*-1. The molecule has 0 aliphatic rings. The molecule has 0 aromatic rings. The van der Waals surface area contributed by atoms with Crippen LogP contribution in [0.15, 0.2) is 0 Å². The van der Waals surface area contributed by atoms with Crippen LogP contribution in [0.4, 0.5) is 0 Å². The van der Waals surface area contributed by atoms with E-state index in [9.17, 15) is 0 Å². The molecule has 1 radical (unpaired) electrons. The maximum absolute atomic E-state index is 0. The molecular formula is H9AlCaCrMnSiTiZn. The van der Waals surface area contributed by atoms with Crippen molar-refractivity contribution in [2.45, 2.75) is 0 Å². The summed E-state index contributed by atoms with van der Waals surface area (Å²) in [5.74, 6) is 0. The van der Waals surface area contributed by atoms with Crippen molar-refractivity contribution in [3.63, 3.8) is 0 Å². The predicted molar refractivity (Wildman–Crippen MR) is 29.3 cm³/mol. The molecule has 0 bridgehead atoms. The van der Waals surface area contributed by atoms with Crippen LogP contribution in [0, 0.1) is 0 Å². The zero-order chi connectivity index (χ0) is 0. The van der Waals surface area contributed by atoms with Gasteiger partial charge in [0.05, 0.1) is 0 Å². The third-order valence-corrected chi connectivity index (χ3v) is 0. The molecule has 0 aromatic carbocycles. The summed E-state index contributed by atoms with van der Waals surface area (Å²) in [6.45, 7) is 0. The fourth-order valence-corrected chi connectivity index (χ4v) is 0. The minimum absolute atomic E-state index is 0. The minimum atomic E-state index is 0. The summed E-state index contributed by atoms with van der Waals surface area (Å²) in [6, 6.07) is 0. The molecule has 0 saturated heterocycles. The summed E-state index contributed by atoms with van der Waals surface area (Å²) in [7, 11) is 0. The van der Waals surface area contributed by atoms with Gasteiger partial charge in [0.1, 0.15) is 0 Å². The van der Waals surface area contributed by atoms with E-state index in [2.05, 4.69) is 0 Å². The van der Waals surface area contributed by atoms with Gasteiger partial charge in [0, 0.05) is 75.6 Å². The van der Waals surface area contributed by atoms with Crippen LogP contribution >= 0.6 is 0 Å². The Morgan fingerprint density at radius 1 is 1.14 bits per heavy atom. The Morgan fingerprint density at radius 2 is 1.14 bits per heavy atom. The molecule has 0 aliphatic carbocycles. The molecule has 0 saturated carbocycles. The summed E-state index contributed by atoms with van der Waals surface area (Å²) in [4.78, 5) is 0. The van der Waals surface area contributed by atoms with Gasteiger partial charge < -0.3 is 2.85 Å². The third kappa shape index (κ3) is 37.9. The molecule has 0 unspecified atom stereocenters. The Labute approximate surface area is 141 Å². The van der Waals surface area contributed by atoms with Crippen LogP contribution in [-0.4, -0.2) is 66.1 Å². The summed E-state index contributed by atoms with van der Waals surface area (Å²) < 4.78 is 0. The Bertz CT molecular complexity index is 26.5. The van der Waals surface area contributed by atoms with E-state index in [-0.39, 0.29) is 145 Å². The Hall–Kier alpha value is 4.40. The first kappa shape index (κ1) is 63.7. The molecule has 0 rings (SSSR count). The van der Waals surface area contributed by atoms with Gasteiger partial charge in [-0.25, -0.2) is 0 Å². The molecule has 0 N–H and O–H groups in total. The summed E-state index contributed by atoms with van der Waals surface area (Å²) in [5.41, 5.74) is 0. The molecule has 0 amide bonds. The van der Waals surface area contributed by atoms with E-state index < -0.39 is 0 Å². The molecule has 0 fully saturated rings. The molecule has 0 heterocycles. The second-order valence-electron chi connectivity index (χ2n) is 0. The van der Waals surface area contributed by atoms with Crippen molar-refractivity contribution in [2.24, 2.45) is 0 Å². The van der Waals surface area contributed by atoms with Crippen LogP contribution in [0.1, 0.15) is 2.85 Å². The van der Waals surface area contributed by atoms with Gasteiger partial charge >= 0.3 is 37.7 Å². The quantitative estimate of drug-likeness (QED) is 0.422. The largest absolute Gasteiger partial charge is 2.00 e. The Morgan fingerprint density at radius 3 is 1.14 bits per heavy atom. The Kier molecular flexibility index (Phi) is 432. The van der Waals surface area contributed by atoms with Crippen molar-refractivity contribution < 1.29 is 78.5 Å². The van der Waals surface area contributed by atoms with E-state index in [1.165, 1.54) is 0 Å². The van der Waals surface area contributed by atoms with Crippen LogP contribution in [0.2, 0.25) is 0 Å². The minimum Gasteiger partial charge on any atom is -1.00 e. The van der Waals surface area contributed by atoms with E-state index in [4.69, 9.17) is 0 Å². The molecule has 0 atom stereocenters. The van der Waals surface area contributed by atoms with Gasteiger partial charge in [-0.1, -0.05) is 0 Å². The zero-order valence-corrected chi connectivity index (χ0v) is 11.9. The van der Waals surface area contributed by atoms with Gasteiger partial charge in [0.25, 0.3) is 0 Å². The van der Waals surface area contributed by atoms with Gasteiger partial charge in [-0.2, -0.15) is 0 Å². The van der Waals surface area contributed by atoms with Crippen LogP contribution < -0.4 is 0 Å². The first-order valence-corrected chi connectivity index (χ1v) is 0. The van der Waals surface area contributed by atoms with Crippen LogP contribution in [0.3, 0.4) is 0 Å². The first-order chi connectivity index (χ1) is 0. The summed E-state index contributed by atoms with van der Waals surface area (Å²) in [5, 5.41) is 0. The third-order valence-electron chi connectivity index (χ3n) is 0. The van der Waals surface area contributed by atoms with Crippen LogP contribution in [0.5, 0.6) is 0 Å². The summed E-state index contributed by atoms with van der Waals surface area (Å²) in [6.07, 6.45) is 0. The molecule has 0 aromatic heterocycles. The number of rotatable bonds is 0. The fraction of sp³-hybridized carbons (Fsp3) is 0. The van der Waals surface area contributed by atoms with Gasteiger partial charge in [-0.05, 0) is 11.0 Å². The topological polar surface area (TPSA) is 0 Å². The normalized spacial score (nSPS) is 0. The number of hydrogen-bond acceptors (Lipinski definition) is 0. The van der Waals surface area contributed by atoms with E-state index >= 15 is 0 Å². The van der Waals surface area contributed by atoms with Gasteiger partial charge in [-0.15, -0.1) is 0 Å². The molecule has 7 heteroatoms. The maximum atomic E-state index is 0. The second-order valence-corrected chi connectivity index (χ2v) is 0. The molecule has 7 heavy (non-hydrogen) atoms.